The van der Waals surface area contributed by atoms with E-state index in [2.05, 4.69) is 10.6 Å². The number of primary amides is 1. The van der Waals surface area contributed by atoms with Gasteiger partial charge in [0, 0.05) is 12.1 Å². The molecule has 6 nitrogen and oxygen atoms in total. The van der Waals surface area contributed by atoms with Crippen molar-refractivity contribution in [1.82, 2.24) is 10.6 Å². The van der Waals surface area contributed by atoms with E-state index < -0.39 is 5.91 Å². The van der Waals surface area contributed by atoms with Crippen LogP contribution in [0.4, 0.5) is 4.79 Å². The van der Waals surface area contributed by atoms with Crippen LogP contribution >= 0.6 is 0 Å². The Morgan fingerprint density at radius 1 is 1.33 bits per heavy atom. The second kappa shape index (κ2) is 6.23. The molecule has 4 N–H and O–H groups in total. The summed E-state index contributed by atoms with van der Waals surface area (Å²) in [6, 6.07) is -0.259. The number of rotatable bonds is 5. The first-order valence-corrected chi connectivity index (χ1v) is 4.73. The molecule has 0 aromatic carbocycles. The molecule has 15 heavy (non-hydrogen) atoms. The highest BCUT2D eigenvalue weighted by Gasteiger charge is 2.12. The molecule has 0 heterocycles. The van der Waals surface area contributed by atoms with Crippen LogP contribution in [0.2, 0.25) is 0 Å². The molecule has 0 saturated carbocycles. The number of nitrogens with two attached hydrogens (primary N) is 1. The third-order valence-electron chi connectivity index (χ3n) is 1.26. The molecular weight excluding hydrogens is 198 g/mol. The van der Waals surface area contributed by atoms with Crippen molar-refractivity contribution in [2.45, 2.75) is 26.3 Å². The first-order chi connectivity index (χ1) is 6.81. The summed E-state index contributed by atoms with van der Waals surface area (Å²) < 4.78 is 4.86. The molecular formula is C9H19N3O3. The van der Waals surface area contributed by atoms with Crippen molar-refractivity contribution in [1.29, 1.82) is 0 Å². The molecule has 0 aliphatic rings. The summed E-state index contributed by atoms with van der Waals surface area (Å²) in [5.41, 5.74) is 4.59. The fourth-order valence-electron chi connectivity index (χ4n) is 0.794. The number of urea groups is 1. The van der Waals surface area contributed by atoms with E-state index in [9.17, 15) is 9.59 Å². The topological polar surface area (TPSA) is 93.4 Å². The van der Waals surface area contributed by atoms with Crippen LogP contribution < -0.4 is 16.4 Å². The first-order valence-electron chi connectivity index (χ1n) is 4.73. The standard InChI is InChI=1S/C9H19N3O3/c1-9(2,3)12-8(14)11-4-5-15-6-7(10)13/h4-6H2,1-3H3,(H2,10,13)(H2,11,12,14). The molecule has 0 aromatic heterocycles. The van der Waals surface area contributed by atoms with Gasteiger partial charge >= 0.3 is 6.03 Å². The van der Waals surface area contributed by atoms with Crippen molar-refractivity contribution >= 4 is 11.9 Å². The molecule has 0 spiro atoms. The van der Waals surface area contributed by atoms with Gasteiger partial charge in [-0.3, -0.25) is 4.79 Å². The van der Waals surface area contributed by atoms with Gasteiger partial charge in [-0.25, -0.2) is 4.79 Å². The molecule has 0 unspecified atom stereocenters. The average molecular weight is 217 g/mol. The highest BCUT2D eigenvalue weighted by atomic mass is 16.5. The van der Waals surface area contributed by atoms with E-state index in [1.54, 1.807) is 0 Å². The molecule has 0 bridgehead atoms. The van der Waals surface area contributed by atoms with Crippen molar-refractivity contribution in [3.05, 3.63) is 0 Å². The van der Waals surface area contributed by atoms with Crippen LogP contribution in [-0.4, -0.2) is 37.2 Å². The zero-order valence-electron chi connectivity index (χ0n) is 9.42. The van der Waals surface area contributed by atoms with Crippen LogP contribution in [0.15, 0.2) is 0 Å². The van der Waals surface area contributed by atoms with Gasteiger partial charge in [0.05, 0.1) is 6.61 Å². The van der Waals surface area contributed by atoms with Crippen molar-refractivity contribution in [3.8, 4) is 0 Å². The Hall–Kier alpha value is -1.30. The van der Waals surface area contributed by atoms with E-state index in [1.807, 2.05) is 20.8 Å². The largest absolute Gasteiger partial charge is 0.370 e. The van der Waals surface area contributed by atoms with E-state index in [0.717, 1.165) is 0 Å². The number of ether oxygens (including phenoxy) is 1. The fourth-order valence-corrected chi connectivity index (χ4v) is 0.794. The van der Waals surface area contributed by atoms with Gasteiger partial charge in [-0.05, 0) is 20.8 Å². The number of carbonyl (C=O) groups is 2. The Balaban J connectivity index is 3.44. The van der Waals surface area contributed by atoms with Gasteiger partial charge in [-0.15, -0.1) is 0 Å². The van der Waals surface area contributed by atoms with E-state index in [1.165, 1.54) is 0 Å². The summed E-state index contributed by atoms with van der Waals surface area (Å²) in [6.45, 7) is 6.14. The molecule has 0 saturated heterocycles. The predicted octanol–water partition coefficient (Wildman–Crippen LogP) is -0.414. The Morgan fingerprint density at radius 3 is 2.40 bits per heavy atom. The summed E-state index contributed by atoms with van der Waals surface area (Å²) in [5, 5.41) is 5.31. The molecule has 0 atom stereocenters. The van der Waals surface area contributed by atoms with E-state index >= 15 is 0 Å². The molecule has 6 heteroatoms. The van der Waals surface area contributed by atoms with Gasteiger partial charge < -0.3 is 21.1 Å². The lowest BCUT2D eigenvalue weighted by Crippen LogP contribution is -2.47. The lowest BCUT2D eigenvalue weighted by Gasteiger charge is -2.20. The Morgan fingerprint density at radius 2 is 1.93 bits per heavy atom. The number of carbonyl (C=O) groups excluding carboxylic acids is 2. The van der Waals surface area contributed by atoms with Gasteiger partial charge in [0.15, 0.2) is 0 Å². The van der Waals surface area contributed by atoms with Gasteiger partial charge in [0.25, 0.3) is 0 Å². The van der Waals surface area contributed by atoms with E-state index in [-0.39, 0.29) is 24.8 Å². The number of hydrogen-bond acceptors (Lipinski definition) is 3. The lowest BCUT2D eigenvalue weighted by molar-refractivity contribution is -0.122. The van der Waals surface area contributed by atoms with Crippen molar-refractivity contribution in [3.63, 3.8) is 0 Å². The van der Waals surface area contributed by atoms with Crippen LogP contribution in [0.3, 0.4) is 0 Å². The smallest absolute Gasteiger partial charge is 0.315 e. The van der Waals surface area contributed by atoms with Crippen molar-refractivity contribution in [2.24, 2.45) is 5.73 Å². The first kappa shape index (κ1) is 13.7. The zero-order chi connectivity index (χ0) is 11.9. The molecule has 0 radical (unpaired) electrons. The fraction of sp³-hybridized carbons (Fsp3) is 0.778. The van der Waals surface area contributed by atoms with Gasteiger partial charge in [-0.2, -0.15) is 0 Å². The quantitative estimate of drug-likeness (QED) is 0.546. The highest BCUT2D eigenvalue weighted by Crippen LogP contribution is 1.96. The summed E-state index contributed by atoms with van der Waals surface area (Å²) in [5.74, 6) is -0.519. The SMILES string of the molecule is CC(C)(C)NC(=O)NCCOCC(N)=O. The summed E-state index contributed by atoms with van der Waals surface area (Å²) in [7, 11) is 0. The predicted molar refractivity (Wildman–Crippen MR) is 56.3 cm³/mol. The molecule has 0 aromatic rings. The molecule has 0 rings (SSSR count). The Kier molecular flexibility index (Phi) is 5.69. The van der Waals surface area contributed by atoms with Crippen LogP contribution in [0, 0.1) is 0 Å². The van der Waals surface area contributed by atoms with E-state index in [0.29, 0.717) is 6.54 Å². The van der Waals surface area contributed by atoms with Crippen LogP contribution in [0.25, 0.3) is 0 Å². The minimum atomic E-state index is -0.519. The molecule has 3 amide bonds. The minimum absolute atomic E-state index is 0.122. The number of amides is 3. The van der Waals surface area contributed by atoms with Gasteiger partial charge in [0.1, 0.15) is 6.61 Å². The van der Waals surface area contributed by atoms with Gasteiger partial charge in [-0.1, -0.05) is 0 Å². The average Bonchev–Trinajstić information content (AvgIpc) is 1.99. The number of hydrogen-bond donors (Lipinski definition) is 3. The van der Waals surface area contributed by atoms with E-state index in [4.69, 9.17) is 10.5 Å². The molecule has 0 aliphatic carbocycles. The second-order valence-electron chi connectivity index (χ2n) is 4.15. The molecule has 88 valence electrons. The third-order valence-corrected chi connectivity index (χ3v) is 1.26. The Labute approximate surface area is 89.5 Å². The highest BCUT2D eigenvalue weighted by molar-refractivity contribution is 5.75. The van der Waals surface area contributed by atoms with Crippen LogP contribution in [-0.2, 0) is 9.53 Å². The summed E-state index contributed by atoms with van der Waals surface area (Å²) in [6.07, 6.45) is 0. The monoisotopic (exact) mass is 217 g/mol. The molecule has 0 aliphatic heterocycles. The maximum atomic E-state index is 11.2. The third kappa shape index (κ3) is 10.6. The summed E-state index contributed by atoms with van der Waals surface area (Å²) >= 11 is 0. The van der Waals surface area contributed by atoms with Crippen LogP contribution in [0.1, 0.15) is 20.8 Å². The number of nitrogens with one attached hydrogen (secondary N) is 2. The van der Waals surface area contributed by atoms with Crippen molar-refractivity contribution < 1.29 is 14.3 Å². The Bertz CT molecular complexity index is 223. The van der Waals surface area contributed by atoms with Gasteiger partial charge in [0.2, 0.25) is 5.91 Å². The lowest BCUT2D eigenvalue weighted by atomic mass is 10.1. The van der Waals surface area contributed by atoms with Crippen molar-refractivity contribution in [2.75, 3.05) is 19.8 Å². The normalized spacial score (nSPS) is 10.9. The maximum Gasteiger partial charge on any atom is 0.315 e. The van der Waals surface area contributed by atoms with Crippen LogP contribution in [0.5, 0.6) is 0 Å². The maximum absolute atomic E-state index is 11.2. The second-order valence-corrected chi connectivity index (χ2v) is 4.15. The molecule has 0 fully saturated rings. The zero-order valence-corrected chi connectivity index (χ0v) is 9.42. The minimum Gasteiger partial charge on any atom is -0.370 e. The summed E-state index contributed by atoms with van der Waals surface area (Å²) in [4.78, 5) is 21.5.